The average molecular weight is 462 g/mol. The van der Waals surface area contributed by atoms with E-state index in [1.165, 1.54) is 54.6 Å². The van der Waals surface area contributed by atoms with E-state index in [4.69, 9.17) is 11.6 Å². The second-order valence-electron chi connectivity index (χ2n) is 6.58. The molecule has 0 unspecified atom stereocenters. The number of sulfonamides is 1. The number of fused-ring (bicyclic) bond motifs is 1. The Morgan fingerprint density at radius 1 is 0.968 bits per heavy atom. The van der Waals surface area contributed by atoms with Gasteiger partial charge in [-0.3, -0.25) is 4.79 Å². The SMILES string of the molecule is O=C(CN1N=C(c2ccccc2F)c2cc(Cl)ccc2S1(=O)=O)Nc1ccccc1F. The molecule has 3 aromatic carbocycles. The van der Waals surface area contributed by atoms with Crippen LogP contribution in [0.2, 0.25) is 5.02 Å². The van der Waals surface area contributed by atoms with Gasteiger partial charge in [0.05, 0.1) is 10.6 Å². The minimum absolute atomic E-state index is 0.00381. The number of nitrogens with zero attached hydrogens (tertiary/aromatic N) is 2. The molecule has 0 radical (unpaired) electrons. The van der Waals surface area contributed by atoms with E-state index >= 15 is 0 Å². The average Bonchev–Trinajstić information content (AvgIpc) is 2.72. The van der Waals surface area contributed by atoms with E-state index in [-0.39, 0.29) is 32.4 Å². The van der Waals surface area contributed by atoms with E-state index in [9.17, 15) is 22.0 Å². The Morgan fingerprint density at radius 2 is 1.65 bits per heavy atom. The molecule has 3 aromatic rings. The third-order valence-corrected chi connectivity index (χ3v) is 6.43. The Labute approximate surface area is 181 Å². The van der Waals surface area contributed by atoms with Gasteiger partial charge in [0, 0.05) is 16.1 Å². The molecule has 10 heteroatoms. The smallest absolute Gasteiger partial charge is 0.280 e. The molecule has 0 bridgehead atoms. The van der Waals surface area contributed by atoms with Crippen LogP contribution in [0.15, 0.2) is 76.7 Å². The van der Waals surface area contributed by atoms with Crippen LogP contribution < -0.4 is 5.32 Å². The molecule has 6 nitrogen and oxygen atoms in total. The fraction of sp³-hybridized carbons (Fsp3) is 0.0476. The van der Waals surface area contributed by atoms with Crippen molar-refractivity contribution in [3.05, 3.63) is 94.5 Å². The monoisotopic (exact) mass is 461 g/mol. The summed E-state index contributed by atoms with van der Waals surface area (Å²) in [4.78, 5) is 12.3. The molecular formula is C21H14ClF2N3O3S. The maximum Gasteiger partial charge on any atom is 0.280 e. The van der Waals surface area contributed by atoms with Crippen molar-refractivity contribution in [1.29, 1.82) is 0 Å². The van der Waals surface area contributed by atoms with Crippen LogP contribution in [0.25, 0.3) is 0 Å². The Morgan fingerprint density at radius 3 is 2.35 bits per heavy atom. The van der Waals surface area contributed by atoms with Crippen molar-refractivity contribution in [1.82, 2.24) is 4.41 Å². The van der Waals surface area contributed by atoms with E-state index in [1.807, 2.05) is 0 Å². The Kier molecular flexibility index (Phi) is 5.47. The summed E-state index contributed by atoms with van der Waals surface area (Å²) in [5, 5.41) is 6.61. The fourth-order valence-corrected chi connectivity index (χ4v) is 4.64. The second kappa shape index (κ2) is 8.09. The molecule has 4 rings (SSSR count). The van der Waals surface area contributed by atoms with Gasteiger partial charge < -0.3 is 5.32 Å². The topological polar surface area (TPSA) is 78.8 Å². The number of rotatable bonds is 4. The lowest BCUT2D eigenvalue weighted by Crippen LogP contribution is -2.39. The predicted octanol–water partition coefficient (Wildman–Crippen LogP) is 4.01. The Balaban J connectivity index is 1.76. The highest BCUT2D eigenvalue weighted by Gasteiger charge is 2.35. The van der Waals surface area contributed by atoms with Crippen LogP contribution in [-0.4, -0.2) is 31.0 Å². The van der Waals surface area contributed by atoms with Crippen molar-refractivity contribution in [3.63, 3.8) is 0 Å². The molecule has 0 spiro atoms. The number of hydrogen-bond acceptors (Lipinski definition) is 4. The van der Waals surface area contributed by atoms with Gasteiger partial charge in [0.1, 0.15) is 23.9 Å². The van der Waals surface area contributed by atoms with Gasteiger partial charge in [0.2, 0.25) is 5.91 Å². The number of carbonyl (C=O) groups excluding carboxylic acids is 1. The molecule has 0 saturated heterocycles. The van der Waals surface area contributed by atoms with E-state index in [2.05, 4.69) is 10.4 Å². The zero-order chi connectivity index (χ0) is 22.2. The second-order valence-corrected chi connectivity index (χ2v) is 8.83. The zero-order valence-electron chi connectivity index (χ0n) is 15.7. The van der Waals surface area contributed by atoms with Gasteiger partial charge in [-0.05, 0) is 42.5 Å². The van der Waals surface area contributed by atoms with Gasteiger partial charge in [0.15, 0.2) is 0 Å². The van der Waals surface area contributed by atoms with E-state index in [0.29, 0.717) is 4.41 Å². The Hall–Kier alpha value is -3.30. The summed E-state index contributed by atoms with van der Waals surface area (Å²) < 4.78 is 55.0. The predicted molar refractivity (Wildman–Crippen MR) is 112 cm³/mol. The molecule has 158 valence electrons. The number of anilines is 1. The summed E-state index contributed by atoms with van der Waals surface area (Å²) in [7, 11) is -4.24. The Bertz CT molecular complexity index is 1330. The summed E-state index contributed by atoms with van der Waals surface area (Å²) in [5.74, 6) is -2.11. The van der Waals surface area contributed by atoms with Crippen molar-refractivity contribution in [3.8, 4) is 0 Å². The van der Waals surface area contributed by atoms with Crippen LogP contribution in [-0.2, 0) is 14.8 Å². The first-order valence-electron chi connectivity index (χ1n) is 8.98. The van der Waals surface area contributed by atoms with Crippen molar-refractivity contribution in [2.75, 3.05) is 11.9 Å². The largest absolute Gasteiger partial charge is 0.322 e. The molecule has 0 aliphatic carbocycles. The zero-order valence-corrected chi connectivity index (χ0v) is 17.3. The molecule has 0 aromatic heterocycles. The van der Waals surface area contributed by atoms with Gasteiger partial charge in [-0.15, -0.1) is 0 Å². The van der Waals surface area contributed by atoms with Crippen LogP contribution in [0, 0.1) is 11.6 Å². The molecule has 1 heterocycles. The van der Waals surface area contributed by atoms with Gasteiger partial charge in [-0.25, -0.2) is 8.78 Å². The standard InChI is InChI=1S/C21H14ClF2N3O3S/c22-13-9-10-19-15(11-13)21(14-5-1-2-6-16(14)23)26-27(31(19,29)30)12-20(28)25-18-8-4-3-7-17(18)24/h1-11H,12H2,(H,25,28). The summed E-state index contributed by atoms with van der Waals surface area (Å²) in [6.45, 7) is -0.739. The molecule has 1 aliphatic heterocycles. The minimum Gasteiger partial charge on any atom is -0.322 e. The summed E-state index contributed by atoms with van der Waals surface area (Å²) in [6, 6.07) is 15.2. The van der Waals surface area contributed by atoms with Crippen LogP contribution in [0.1, 0.15) is 11.1 Å². The van der Waals surface area contributed by atoms with Gasteiger partial charge in [-0.2, -0.15) is 17.9 Å². The number of nitrogens with one attached hydrogen (secondary N) is 1. The number of hydrogen-bond donors (Lipinski definition) is 1. The summed E-state index contributed by atoms with van der Waals surface area (Å²) in [6.07, 6.45) is 0. The van der Waals surface area contributed by atoms with Crippen LogP contribution in [0.4, 0.5) is 14.5 Å². The molecule has 0 saturated carbocycles. The quantitative estimate of drug-likeness (QED) is 0.637. The highest BCUT2D eigenvalue weighted by atomic mass is 35.5. The van der Waals surface area contributed by atoms with Crippen molar-refractivity contribution < 1.29 is 22.0 Å². The molecule has 1 N–H and O–H groups in total. The summed E-state index contributed by atoms with van der Waals surface area (Å²) in [5.41, 5.74) is 0.0558. The van der Waals surface area contributed by atoms with Gasteiger partial charge in [-0.1, -0.05) is 35.9 Å². The van der Waals surface area contributed by atoms with Crippen molar-refractivity contribution in [2.45, 2.75) is 4.90 Å². The van der Waals surface area contributed by atoms with E-state index < -0.39 is 34.1 Å². The number of para-hydroxylation sites is 1. The molecule has 1 aliphatic rings. The lowest BCUT2D eigenvalue weighted by Gasteiger charge is -2.27. The fourth-order valence-electron chi connectivity index (χ4n) is 3.09. The van der Waals surface area contributed by atoms with Crippen LogP contribution in [0.5, 0.6) is 0 Å². The normalized spacial score (nSPS) is 14.5. The molecule has 1 amide bonds. The maximum atomic E-state index is 14.5. The third kappa shape index (κ3) is 4.01. The molecule has 31 heavy (non-hydrogen) atoms. The van der Waals surface area contributed by atoms with Crippen LogP contribution >= 0.6 is 11.6 Å². The molecular weight excluding hydrogens is 448 g/mol. The minimum atomic E-state index is -4.24. The first-order chi connectivity index (χ1) is 14.8. The molecule has 0 fully saturated rings. The lowest BCUT2D eigenvalue weighted by molar-refractivity contribution is -0.116. The number of amides is 1. The highest BCUT2D eigenvalue weighted by molar-refractivity contribution is 7.89. The number of hydrazone groups is 1. The maximum absolute atomic E-state index is 14.5. The third-order valence-electron chi connectivity index (χ3n) is 4.52. The van der Waals surface area contributed by atoms with E-state index in [1.54, 1.807) is 6.07 Å². The van der Waals surface area contributed by atoms with Gasteiger partial charge >= 0.3 is 0 Å². The van der Waals surface area contributed by atoms with E-state index in [0.717, 1.165) is 6.07 Å². The number of carbonyl (C=O) groups is 1. The number of halogens is 3. The number of benzene rings is 3. The first kappa shape index (κ1) is 21.0. The first-order valence-corrected chi connectivity index (χ1v) is 10.8. The lowest BCUT2D eigenvalue weighted by atomic mass is 10.0. The van der Waals surface area contributed by atoms with Crippen molar-refractivity contribution in [2.24, 2.45) is 5.10 Å². The highest BCUT2D eigenvalue weighted by Crippen LogP contribution is 2.31. The van der Waals surface area contributed by atoms with Crippen LogP contribution in [0.3, 0.4) is 0 Å². The summed E-state index contributed by atoms with van der Waals surface area (Å²) >= 11 is 6.03. The molecule has 0 atom stereocenters. The van der Waals surface area contributed by atoms with Crippen molar-refractivity contribution >= 4 is 38.9 Å². The van der Waals surface area contributed by atoms with Gasteiger partial charge in [0.25, 0.3) is 10.0 Å².